The fraction of sp³-hybridized carbons (Fsp3) is 0.235. The van der Waals surface area contributed by atoms with Crippen molar-refractivity contribution in [3.05, 3.63) is 59.2 Å². The highest BCUT2D eigenvalue weighted by atomic mass is 35.5. The Morgan fingerprint density at radius 1 is 1.15 bits per heavy atom. The van der Waals surface area contributed by atoms with Gasteiger partial charge >= 0.3 is 0 Å². The Morgan fingerprint density at radius 2 is 1.90 bits per heavy atom. The molecule has 0 saturated carbocycles. The molecule has 0 N–H and O–H groups in total. The minimum absolute atomic E-state index is 0.422. The number of nitriles is 1. The predicted molar refractivity (Wildman–Crippen MR) is 84.6 cm³/mol. The van der Waals surface area contributed by atoms with Gasteiger partial charge in [0, 0.05) is 18.1 Å². The first kappa shape index (κ1) is 14.4. The summed E-state index contributed by atoms with van der Waals surface area (Å²) in [5.41, 5.74) is 4.88. The Morgan fingerprint density at radius 3 is 2.50 bits per heavy atom. The highest BCUT2D eigenvalue weighted by molar-refractivity contribution is 6.17. The van der Waals surface area contributed by atoms with Gasteiger partial charge in [-0.25, -0.2) is 0 Å². The van der Waals surface area contributed by atoms with Crippen LogP contribution in [0.5, 0.6) is 0 Å². The van der Waals surface area contributed by atoms with Crippen molar-refractivity contribution in [2.24, 2.45) is 0 Å². The number of hydrogen-bond acceptors (Lipinski definition) is 2. The molecular weight excluding hydrogens is 268 g/mol. The number of alkyl halides is 1. The van der Waals surface area contributed by atoms with Gasteiger partial charge in [0.15, 0.2) is 0 Å². The number of hydrogen-bond donors (Lipinski definition) is 0. The molecule has 0 unspecified atom stereocenters. The second-order valence-electron chi connectivity index (χ2n) is 4.63. The Labute approximate surface area is 125 Å². The van der Waals surface area contributed by atoms with E-state index in [2.05, 4.69) is 36.9 Å². The van der Waals surface area contributed by atoms with Gasteiger partial charge in [-0.15, -0.1) is 11.6 Å². The van der Waals surface area contributed by atoms with Gasteiger partial charge in [-0.05, 0) is 43.2 Å². The first-order chi connectivity index (χ1) is 9.71. The third-order valence-electron chi connectivity index (χ3n) is 3.35. The number of nitrogens with zero attached hydrogens (tertiary/aromatic N) is 2. The molecular formula is C17H17ClN2. The van der Waals surface area contributed by atoms with Gasteiger partial charge in [0.25, 0.3) is 0 Å². The van der Waals surface area contributed by atoms with Crippen LogP contribution >= 0.6 is 11.6 Å². The number of benzene rings is 2. The van der Waals surface area contributed by atoms with Gasteiger partial charge in [-0.3, -0.25) is 0 Å². The lowest BCUT2D eigenvalue weighted by Crippen LogP contribution is -2.18. The lowest BCUT2D eigenvalue weighted by Gasteiger charge is -2.26. The molecule has 0 aliphatic rings. The van der Waals surface area contributed by atoms with Crippen LogP contribution in [0.25, 0.3) is 0 Å². The van der Waals surface area contributed by atoms with E-state index in [-0.39, 0.29) is 0 Å². The maximum atomic E-state index is 9.38. The molecule has 0 amide bonds. The zero-order valence-electron chi connectivity index (χ0n) is 11.7. The number of para-hydroxylation sites is 1. The fourth-order valence-electron chi connectivity index (χ4n) is 2.33. The van der Waals surface area contributed by atoms with Crippen molar-refractivity contribution in [1.29, 1.82) is 5.26 Å². The lowest BCUT2D eigenvalue weighted by atomic mass is 10.1. The quantitative estimate of drug-likeness (QED) is 0.757. The summed E-state index contributed by atoms with van der Waals surface area (Å²) < 4.78 is 0. The van der Waals surface area contributed by atoms with Gasteiger partial charge in [-0.2, -0.15) is 5.26 Å². The fourth-order valence-corrected chi connectivity index (χ4v) is 2.49. The molecule has 0 heterocycles. The van der Waals surface area contributed by atoms with E-state index >= 15 is 0 Å². The van der Waals surface area contributed by atoms with E-state index < -0.39 is 0 Å². The Hall–Kier alpha value is -1.98. The van der Waals surface area contributed by atoms with Crippen molar-refractivity contribution in [2.75, 3.05) is 11.4 Å². The summed E-state index contributed by atoms with van der Waals surface area (Å²) in [7, 11) is 0. The standard InChI is InChI=1S/C17H17ClN2/c1-3-20(16-7-5-4-6-13(16)2)17-9-8-14(11-18)10-15(17)12-19/h4-10H,3,11H2,1-2H3. The summed E-state index contributed by atoms with van der Waals surface area (Å²) >= 11 is 5.84. The van der Waals surface area contributed by atoms with E-state index in [9.17, 15) is 5.26 Å². The van der Waals surface area contributed by atoms with Gasteiger partial charge in [-0.1, -0.05) is 24.3 Å². The van der Waals surface area contributed by atoms with Gasteiger partial charge in [0.1, 0.15) is 6.07 Å². The average Bonchev–Trinajstić information content (AvgIpc) is 2.50. The second kappa shape index (κ2) is 6.45. The Bertz CT molecular complexity index is 644. The summed E-state index contributed by atoms with van der Waals surface area (Å²) in [5, 5.41) is 9.38. The van der Waals surface area contributed by atoms with Crippen LogP contribution in [0.3, 0.4) is 0 Å². The molecule has 102 valence electrons. The molecule has 0 saturated heterocycles. The lowest BCUT2D eigenvalue weighted by molar-refractivity contribution is 1.01. The van der Waals surface area contributed by atoms with Gasteiger partial charge in [0.05, 0.1) is 11.3 Å². The monoisotopic (exact) mass is 284 g/mol. The van der Waals surface area contributed by atoms with Crippen molar-refractivity contribution in [1.82, 2.24) is 0 Å². The molecule has 20 heavy (non-hydrogen) atoms. The van der Waals surface area contributed by atoms with Gasteiger partial charge < -0.3 is 4.90 Å². The minimum Gasteiger partial charge on any atom is -0.340 e. The van der Waals surface area contributed by atoms with Crippen molar-refractivity contribution < 1.29 is 0 Å². The maximum Gasteiger partial charge on any atom is 0.101 e. The zero-order chi connectivity index (χ0) is 14.5. The molecule has 0 fully saturated rings. The topological polar surface area (TPSA) is 27.0 Å². The molecule has 3 heteroatoms. The van der Waals surface area contributed by atoms with E-state index in [1.807, 2.05) is 30.3 Å². The smallest absolute Gasteiger partial charge is 0.101 e. The van der Waals surface area contributed by atoms with Crippen LogP contribution in [-0.2, 0) is 5.88 Å². The summed E-state index contributed by atoms with van der Waals surface area (Å²) in [6.45, 7) is 4.97. The first-order valence-corrected chi connectivity index (χ1v) is 7.16. The summed E-state index contributed by atoms with van der Waals surface area (Å²) in [6.07, 6.45) is 0. The van der Waals surface area contributed by atoms with Crippen LogP contribution in [0.2, 0.25) is 0 Å². The summed E-state index contributed by atoms with van der Waals surface area (Å²) in [5.74, 6) is 0.422. The summed E-state index contributed by atoms with van der Waals surface area (Å²) in [4.78, 5) is 2.16. The number of rotatable bonds is 4. The zero-order valence-corrected chi connectivity index (χ0v) is 12.5. The van der Waals surface area contributed by atoms with Crippen LogP contribution in [0, 0.1) is 18.3 Å². The Kier molecular flexibility index (Phi) is 4.65. The Balaban J connectivity index is 2.53. The molecule has 2 aromatic carbocycles. The van der Waals surface area contributed by atoms with E-state index in [1.165, 1.54) is 5.56 Å². The normalized spacial score (nSPS) is 10.1. The molecule has 2 nitrogen and oxygen atoms in total. The molecule has 2 aromatic rings. The maximum absolute atomic E-state index is 9.38. The molecule has 0 aromatic heterocycles. The number of halogens is 1. The molecule has 0 atom stereocenters. The molecule has 0 aliphatic heterocycles. The van der Waals surface area contributed by atoms with E-state index in [0.717, 1.165) is 23.5 Å². The third kappa shape index (κ3) is 2.79. The molecule has 0 aliphatic carbocycles. The predicted octanol–water partition coefficient (Wildman–Crippen LogP) is 4.76. The highest BCUT2D eigenvalue weighted by Crippen LogP contribution is 2.31. The van der Waals surface area contributed by atoms with Crippen LogP contribution in [0.1, 0.15) is 23.6 Å². The first-order valence-electron chi connectivity index (χ1n) is 6.63. The largest absolute Gasteiger partial charge is 0.340 e. The van der Waals surface area contributed by atoms with E-state index in [0.29, 0.717) is 11.4 Å². The molecule has 0 bridgehead atoms. The van der Waals surface area contributed by atoms with Crippen LogP contribution in [0.15, 0.2) is 42.5 Å². The number of anilines is 2. The molecule has 2 rings (SSSR count). The van der Waals surface area contributed by atoms with E-state index in [4.69, 9.17) is 11.6 Å². The van der Waals surface area contributed by atoms with Crippen molar-refractivity contribution in [3.8, 4) is 6.07 Å². The average molecular weight is 285 g/mol. The van der Waals surface area contributed by atoms with Crippen LogP contribution < -0.4 is 4.90 Å². The minimum atomic E-state index is 0.422. The van der Waals surface area contributed by atoms with Crippen molar-refractivity contribution in [3.63, 3.8) is 0 Å². The number of aryl methyl sites for hydroxylation is 1. The second-order valence-corrected chi connectivity index (χ2v) is 4.89. The van der Waals surface area contributed by atoms with Crippen molar-refractivity contribution >= 4 is 23.0 Å². The van der Waals surface area contributed by atoms with E-state index in [1.54, 1.807) is 0 Å². The van der Waals surface area contributed by atoms with Crippen LogP contribution in [0.4, 0.5) is 11.4 Å². The van der Waals surface area contributed by atoms with Crippen molar-refractivity contribution in [2.45, 2.75) is 19.7 Å². The molecule has 0 spiro atoms. The SMILES string of the molecule is CCN(c1ccccc1C)c1ccc(CCl)cc1C#N. The third-order valence-corrected chi connectivity index (χ3v) is 3.66. The van der Waals surface area contributed by atoms with Crippen LogP contribution in [-0.4, -0.2) is 6.54 Å². The van der Waals surface area contributed by atoms with Gasteiger partial charge in [0.2, 0.25) is 0 Å². The summed E-state index contributed by atoms with van der Waals surface area (Å²) in [6, 6.07) is 16.3. The highest BCUT2D eigenvalue weighted by Gasteiger charge is 2.13. The molecule has 0 radical (unpaired) electrons.